The molecule has 2 atom stereocenters. The van der Waals surface area contributed by atoms with Gasteiger partial charge in [-0.1, -0.05) is 24.3 Å². The first kappa shape index (κ1) is 11.7. The van der Waals surface area contributed by atoms with Gasteiger partial charge in [0, 0.05) is 18.4 Å². The van der Waals surface area contributed by atoms with Gasteiger partial charge in [0.2, 0.25) is 0 Å². The number of pyridine rings is 1. The first-order valence-electron chi connectivity index (χ1n) is 5.95. The van der Waals surface area contributed by atoms with Crippen LogP contribution >= 0.6 is 15.9 Å². The number of benzene rings is 1. The SMILES string of the molecule is NC1Cc2ccccc2C1Nc1ccncc1Br. The second-order valence-corrected chi connectivity index (χ2v) is 5.40. The minimum atomic E-state index is 0.113. The molecular formula is C14H14BrN3. The normalized spacial score (nSPS) is 21.7. The summed E-state index contributed by atoms with van der Waals surface area (Å²) in [6, 6.07) is 10.7. The average Bonchev–Trinajstić information content (AvgIpc) is 2.69. The third kappa shape index (κ3) is 2.02. The lowest BCUT2D eigenvalue weighted by atomic mass is 10.1. The van der Waals surface area contributed by atoms with Crippen LogP contribution in [0.4, 0.5) is 5.69 Å². The van der Waals surface area contributed by atoms with Gasteiger partial charge in [0.25, 0.3) is 0 Å². The molecule has 0 spiro atoms. The van der Waals surface area contributed by atoms with Gasteiger partial charge in [-0.3, -0.25) is 4.98 Å². The molecule has 0 fully saturated rings. The van der Waals surface area contributed by atoms with E-state index in [2.05, 4.69) is 50.5 Å². The Morgan fingerprint density at radius 3 is 2.94 bits per heavy atom. The second kappa shape index (κ2) is 4.71. The molecule has 1 aliphatic rings. The molecule has 0 radical (unpaired) electrons. The maximum atomic E-state index is 6.23. The molecule has 0 aliphatic heterocycles. The molecular weight excluding hydrogens is 290 g/mol. The van der Waals surface area contributed by atoms with Crippen molar-refractivity contribution in [2.24, 2.45) is 5.73 Å². The van der Waals surface area contributed by atoms with Crippen LogP contribution in [-0.4, -0.2) is 11.0 Å². The topological polar surface area (TPSA) is 50.9 Å². The van der Waals surface area contributed by atoms with Crippen LogP contribution in [0.2, 0.25) is 0 Å². The third-order valence-corrected chi connectivity index (χ3v) is 3.99. The average molecular weight is 304 g/mol. The highest BCUT2D eigenvalue weighted by atomic mass is 79.9. The number of anilines is 1. The molecule has 0 amide bonds. The lowest BCUT2D eigenvalue weighted by Gasteiger charge is -2.20. The van der Waals surface area contributed by atoms with Gasteiger partial charge in [0.05, 0.1) is 16.2 Å². The first-order chi connectivity index (χ1) is 8.75. The van der Waals surface area contributed by atoms with Gasteiger partial charge in [-0.15, -0.1) is 0 Å². The zero-order chi connectivity index (χ0) is 12.5. The summed E-state index contributed by atoms with van der Waals surface area (Å²) in [5, 5.41) is 3.50. The van der Waals surface area contributed by atoms with E-state index in [4.69, 9.17) is 5.73 Å². The standard InChI is InChI=1S/C14H14BrN3/c15-11-8-17-6-5-13(11)18-14-10-4-2-1-3-9(10)7-12(14)16/h1-6,8,12,14H,7,16H2,(H,17,18). The Hall–Kier alpha value is -1.39. The van der Waals surface area contributed by atoms with Crippen molar-refractivity contribution >= 4 is 21.6 Å². The lowest BCUT2D eigenvalue weighted by molar-refractivity contribution is 0.625. The minimum Gasteiger partial charge on any atom is -0.376 e. The molecule has 1 aliphatic carbocycles. The van der Waals surface area contributed by atoms with E-state index in [-0.39, 0.29) is 12.1 Å². The van der Waals surface area contributed by atoms with E-state index in [9.17, 15) is 0 Å². The first-order valence-corrected chi connectivity index (χ1v) is 6.74. The smallest absolute Gasteiger partial charge is 0.0671 e. The molecule has 18 heavy (non-hydrogen) atoms. The Bertz CT molecular complexity index is 570. The second-order valence-electron chi connectivity index (χ2n) is 4.54. The maximum Gasteiger partial charge on any atom is 0.0671 e. The molecule has 92 valence electrons. The number of hydrogen-bond donors (Lipinski definition) is 2. The number of nitrogens with zero attached hydrogens (tertiary/aromatic N) is 1. The van der Waals surface area contributed by atoms with E-state index in [0.717, 1.165) is 16.6 Å². The Morgan fingerprint density at radius 2 is 2.11 bits per heavy atom. The van der Waals surface area contributed by atoms with Gasteiger partial charge in [0.1, 0.15) is 0 Å². The number of hydrogen-bond acceptors (Lipinski definition) is 3. The minimum absolute atomic E-state index is 0.113. The summed E-state index contributed by atoms with van der Waals surface area (Å²) < 4.78 is 0.960. The van der Waals surface area contributed by atoms with Gasteiger partial charge >= 0.3 is 0 Å². The quantitative estimate of drug-likeness (QED) is 0.897. The third-order valence-electron chi connectivity index (χ3n) is 3.36. The Balaban J connectivity index is 1.92. The molecule has 1 aromatic carbocycles. The van der Waals surface area contributed by atoms with Crippen LogP contribution in [0.1, 0.15) is 17.2 Å². The molecule has 2 aromatic rings. The van der Waals surface area contributed by atoms with Gasteiger partial charge < -0.3 is 11.1 Å². The molecule has 0 saturated carbocycles. The largest absolute Gasteiger partial charge is 0.376 e. The molecule has 0 saturated heterocycles. The van der Waals surface area contributed by atoms with Crippen LogP contribution in [0, 0.1) is 0 Å². The van der Waals surface area contributed by atoms with Crippen molar-refractivity contribution in [2.45, 2.75) is 18.5 Å². The van der Waals surface area contributed by atoms with E-state index in [1.165, 1.54) is 11.1 Å². The van der Waals surface area contributed by atoms with Crippen molar-refractivity contribution < 1.29 is 0 Å². The monoisotopic (exact) mass is 303 g/mol. The summed E-state index contributed by atoms with van der Waals surface area (Å²) in [4.78, 5) is 4.06. The zero-order valence-corrected chi connectivity index (χ0v) is 11.4. The van der Waals surface area contributed by atoms with Crippen molar-refractivity contribution in [3.63, 3.8) is 0 Å². The van der Waals surface area contributed by atoms with E-state index in [1.807, 2.05) is 6.07 Å². The number of nitrogens with one attached hydrogen (secondary N) is 1. The number of fused-ring (bicyclic) bond motifs is 1. The number of nitrogens with two attached hydrogens (primary N) is 1. The summed E-state index contributed by atoms with van der Waals surface area (Å²) in [7, 11) is 0. The van der Waals surface area contributed by atoms with Crippen LogP contribution in [-0.2, 0) is 6.42 Å². The molecule has 1 heterocycles. The molecule has 1 aromatic heterocycles. The molecule has 3 N–H and O–H groups in total. The number of aromatic nitrogens is 1. The van der Waals surface area contributed by atoms with Crippen LogP contribution < -0.4 is 11.1 Å². The highest BCUT2D eigenvalue weighted by Crippen LogP contribution is 2.34. The van der Waals surface area contributed by atoms with Gasteiger partial charge in [-0.2, -0.15) is 0 Å². The summed E-state index contributed by atoms with van der Waals surface area (Å²) in [5.41, 5.74) is 9.90. The van der Waals surface area contributed by atoms with Crippen molar-refractivity contribution in [2.75, 3.05) is 5.32 Å². The Kier molecular flexibility index (Phi) is 3.06. The van der Waals surface area contributed by atoms with Crippen LogP contribution in [0.25, 0.3) is 0 Å². The fraction of sp³-hybridized carbons (Fsp3) is 0.214. The fourth-order valence-corrected chi connectivity index (χ4v) is 2.84. The predicted octanol–water partition coefficient (Wildman–Crippen LogP) is 2.88. The highest BCUT2D eigenvalue weighted by molar-refractivity contribution is 9.10. The number of rotatable bonds is 2. The van der Waals surface area contributed by atoms with E-state index < -0.39 is 0 Å². The fourth-order valence-electron chi connectivity index (χ4n) is 2.47. The molecule has 2 unspecified atom stereocenters. The highest BCUT2D eigenvalue weighted by Gasteiger charge is 2.29. The number of halogens is 1. The van der Waals surface area contributed by atoms with Gasteiger partial charge in [0.15, 0.2) is 0 Å². The van der Waals surface area contributed by atoms with E-state index in [0.29, 0.717) is 0 Å². The van der Waals surface area contributed by atoms with E-state index >= 15 is 0 Å². The zero-order valence-electron chi connectivity index (χ0n) is 9.81. The molecule has 3 nitrogen and oxygen atoms in total. The Labute approximate surface area is 115 Å². The van der Waals surface area contributed by atoms with Crippen LogP contribution in [0.5, 0.6) is 0 Å². The van der Waals surface area contributed by atoms with Gasteiger partial charge in [-0.25, -0.2) is 0 Å². The lowest BCUT2D eigenvalue weighted by Crippen LogP contribution is -2.30. The molecule has 4 heteroatoms. The van der Waals surface area contributed by atoms with Crippen molar-refractivity contribution in [1.29, 1.82) is 0 Å². The maximum absolute atomic E-state index is 6.23. The summed E-state index contributed by atoms with van der Waals surface area (Å²) >= 11 is 3.50. The van der Waals surface area contributed by atoms with Crippen LogP contribution in [0.15, 0.2) is 47.2 Å². The van der Waals surface area contributed by atoms with Gasteiger partial charge in [-0.05, 0) is 39.5 Å². The van der Waals surface area contributed by atoms with E-state index in [1.54, 1.807) is 12.4 Å². The van der Waals surface area contributed by atoms with Crippen LogP contribution in [0.3, 0.4) is 0 Å². The summed E-state index contributed by atoms with van der Waals surface area (Å²) in [6.45, 7) is 0. The van der Waals surface area contributed by atoms with Crippen molar-refractivity contribution in [1.82, 2.24) is 4.98 Å². The van der Waals surface area contributed by atoms with Crippen molar-refractivity contribution in [3.8, 4) is 0 Å². The van der Waals surface area contributed by atoms with Crippen molar-refractivity contribution in [3.05, 3.63) is 58.3 Å². The summed E-state index contributed by atoms with van der Waals surface area (Å²) in [5.74, 6) is 0. The Morgan fingerprint density at radius 1 is 1.28 bits per heavy atom. The molecule has 3 rings (SSSR count). The predicted molar refractivity (Wildman–Crippen MR) is 76.4 cm³/mol. The molecule has 0 bridgehead atoms. The summed E-state index contributed by atoms with van der Waals surface area (Å²) in [6.07, 6.45) is 4.49.